The van der Waals surface area contributed by atoms with E-state index in [4.69, 9.17) is 23.2 Å². The van der Waals surface area contributed by atoms with E-state index in [-0.39, 0.29) is 6.04 Å². The zero-order valence-corrected chi connectivity index (χ0v) is 12.6. The maximum absolute atomic E-state index is 6.18. The number of thiophene rings is 1. The molecule has 1 aliphatic rings. The van der Waals surface area contributed by atoms with E-state index >= 15 is 0 Å². The van der Waals surface area contributed by atoms with Crippen molar-refractivity contribution in [3.63, 3.8) is 0 Å². The van der Waals surface area contributed by atoms with Crippen molar-refractivity contribution >= 4 is 34.5 Å². The normalized spacial score (nSPS) is 20.7. The highest BCUT2D eigenvalue weighted by molar-refractivity contribution is 7.20. The van der Waals surface area contributed by atoms with Crippen LogP contribution in [0.5, 0.6) is 0 Å². The molecule has 96 valence electrons. The summed E-state index contributed by atoms with van der Waals surface area (Å²) < 4.78 is 1.58. The summed E-state index contributed by atoms with van der Waals surface area (Å²) in [5.41, 5.74) is 1.13. The zero-order chi connectivity index (χ0) is 12.4. The molecule has 1 aromatic rings. The van der Waals surface area contributed by atoms with E-state index in [1.165, 1.54) is 37.0 Å². The van der Waals surface area contributed by atoms with Gasteiger partial charge < -0.3 is 5.32 Å². The fourth-order valence-electron chi connectivity index (χ4n) is 2.73. The Morgan fingerprint density at radius 1 is 1.29 bits per heavy atom. The smallest absolute Gasteiger partial charge is 0.0991 e. The third kappa shape index (κ3) is 3.37. The SMILES string of the molecule is CC(N[C@@H](C)C1CCCC1)c1cc(Cl)sc1Cl. The van der Waals surface area contributed by atoms with Crippen molar-refractivity contribution in [1.29, 1.82) is 0 Å². The Hall–Kier alpha value is 0.240. The molecule has 0 spiro atoms. The number of nitrogens with one attached hydrogen (secondary N) is 1. The Balaban J connectivity index is 1.96. The average molecular weight is 292 g/mol. The fourth-order valence-corrected chi connectivity index (χ4v) is 4.37. The van der Waals surface area contributed by atoms with E-state index in [1.54, 1.807) is 0 Å². The highest BCUT2D eigenvalue weighted by Gasteiger charge is 2.23. The summed E-state index contributed by atoms with van der Waals surface area (Å²) in [5, 5.41) is 3.66. The molecule has 0 aliphatic heterocycles. The molecule has 0 bridgehead atoms. The molecule has 1 N–H and O–H groups in total. The Kier molecular flexibility index (Phi) is 4.76. The van der Waals surface area contributed by atoms with Gasteiger partial charge in [0, 0.05) is 12.1 Å². The Labute approximate surface area is 118 Å². The number of hydrogen-bond donors (Lipinski definition) is 1. The molecule has 1 unspecified atom stereocenters. The second-order valence-corrected chi connectivity index (χ2v) is 7.29. The van der Waals surface area contributed by atoms with Gasteiger partial charge in [0.05, 0.1) is 8.67 Å². The lowest BCUT2D eigenvalue weighted by Crippen LogP contribution is -2.34. The minimum absolute atomic E-state index is 0.279. The van der Waals surface area contributed by atoms with Crippen LogP contribution in [0.3, 0.4) is 0 Å². The van der Waals surface area contributed by atoms with Gasteiger partial charge in [0.25, 0.3) is 0 Å². The zero-order valence-electron chi connectivity index (χ0n) is 10.3. The van der Waals surface area contributed by atoms with E-state index in [0.29, 0.717) is 6.04 Å². The van der Waals surface area contributed by atoms with Gasteiger partial charge in [-0.2, -0.15) is 0 Å². The van der Waals surface area contributed by atoms with Crippen LogP contribution >= 0.6 is 34.5 Å². The molecule has 0 radical (unpaired) electrons. The summed E-state index contributed by atoms with van der Waals surface area (Å²) in [6.45, 7) is 4.45. The minimum atomic E-state index is 0.279. The second kappa shape index (κ2) is 5.92. The highest BCUT2D eigenvalue weighted by atomic mass is 35.5. The van der Waals surface area contributed by atoms with Gasteiger partial charge >= 0.3 is 0 Å². The van der Waals surface area contributed by atoms with Crippen molar-refractivity contribution < 1.29 is 0 Å². The summed E-state index contributed by atoms with van der Waals surface area (Å²) in [6, 6.07) is 2.82. The van der Waals surface area contributed by atoms with Crippen LogP contribution in [-0.4, -0.2) is 6.04 Å². The molecule has 2 rings (SSSR count). The lowest BCUT2D eigenvalue weighted by molar-refractivity contribution is 0.353. The predicted molar refractivity (Wildman–Crippen MR) is 77.3 cm³/mol. The fraction of sp³-hybridized carbons (Fsp3) is 0.692. The van der Waals surface area contributed by atoms with E-state index in [1.807, 2.05) is 6.07 Å². The maximum atomic E-state index is 6.18. The van der Waals surface area contributed by atoms with Gasteiger partial charge in [-0.1, -0.05) is 36.0 Å². The van der Waals surface area contributed by atoms with E-state index < -0.39 is 0 Å². The molecule has 4 heteroatoms. The summed E-state index contributed by atoms with van der Waals surface area (Å²) in [6.07, 6.45) is 5.49. The molecule has 1 heterocycles. The molecular weight excluding hydrogens is 273 g/mol. The molecule has 1 aromatic heterocycles. The third-order valence-corrected chi connectivity index (χ3v) is 5.29. The summed E-state index contributed by atoms with van der Waals surface area (Å²) >= 11 is 13.6. The van der Waals surface area contributed by atoms with Crippen LogP contribution in [0.1, 0.15) is 51.1 Å². The van der Waals surface area contributed by atoms with Crippen LogP contribution in [0.25, 0.3) is 0 Å². The first-order valence-corrected chi connectivity index (χ1v) is 7.86. The van der Waals surface area contributed by atoms with Crippen LogP contribution < -0.4 is 5.32 Å². The van der Waals surface area contributed by atoms with E-state index in [9.17, 15) is 0 Å². The van der Waals surface area contributed by atoms with Gasteiger partial charge in [0.2, 0.25) is 0 Å². The third-order valence-electron chi connectivity index (χ3n) is 3.77. The molecule has 1 aliphatic carbocycles. The van der Waals surface area contributed by atoms with Gasteiger partial charge in [-0.05, 0) is 44.2 Å². The first-order valence-electron chi connectivity index (χ1n) is 6.28. The van der Waals surface area contributed by atoms with E-state index in [0.717, 1.165) is 20.2 Å². The van der Waals surface area contributed by atoms with Gasteiger partial charge in [0.15, 0.2) is 0 Å². The van der Waals surface area contributed by atoms with Crippen LogP contribution in [-0.2, 0) is 0 Å². The number of hydrogen-bond acceptors (Lipinski definition) is 2. The molecule has 17 heavy (non-hydrogen) atoms. The summed E-state index contributed by atoms with van der Waals surface area (Å²) in [7, 11) is 0. The van der Waals surface area contributed by atoms with Gasteiger partial charge in [-0.15, -0.1) is 11.3 Å². The standard InChI is InChI=1S/C13H19Cl2NS/c1-8(10-5-3-4-6-10)16-9(2)11-7-12(14)17-13(11)15/h7-10,16H,3-6H2,1-2H3/t8-,9?/m0/s1. The van der Waals surface area contributed by atoms with Gasteiger partial charge in [-0.25, -0.2) is 0 Å². The molecule has 0 amide bonds. The molecule has 1 saturated carbocycles. The van der Waals surface area contributed by atoms with E-state index in [2.05, 4.69) is 19.2 Å². The van der Waals surface area contributed by atoms with Crippen molar-refractivity contribution in [2.24, 2.45) is 5.92 Å². The minimum Gasteiger partial charge on any atom is -0.307 e. The molecule has 2 atom stereocenters. The Bertz CT molecular complexity index is 371. The molecular formula is C13H19Cl2NS. The Morgan fingerprint density at radius 2 is 1.94 bits per heavy atom. The molecule has 1 nitrogen and oxygen atoms in total. The van der Waals surface area contributed by atoms with Gasteiger partial charge in [0.1, 0.15) is 0 Å². The van der Waals surface area contributed by atoms with Crippen molar-refractivity contribution in [3.05, 3.63) is 20.3 Å². The predicted octanol–water partition coefficient (Wildman–Crippen LogP) is 5.28. The second-order valence-electron chi connectivity index (χ2n) is 5.00. The van der Waals surface area contributed by atoms with Crippen LogP contribution in [0.2, 0.25) is 8.67 Å². The number of rotatable bonds is 4. The largest absolute Gasteiger partial charge is 0.307 e. The lowest BCUT2D eigenvalue weighted by atomic mass is 9.98. The van der Waals surface area contributed by atoms with Crippen molar-refractivity contribution in [1.82, 2.24) is 5.32 Å². The Morgan fingerprint density at radius 3 is 2.47 bits per heavy atom. The van der Waals surface area contributed by atoms with Crippen molar-refractivity contribution in [2.75, 3.05) is 0 Å². The van der Waals surface area contributed by atoms with Gasteiger partial charge in [-0.3, -0.25) is 0 Å². The summed E-state index contributed by atoms with van der Waals surface area (Å²) in [5.74, 6) is 0.824. The monoisotopic (exact) mass is 291 g/mol. The average Bonchev–Trinajstić information content (AvgIpc) is 2.87. The molecule has 0 aromatic carbocycles. The molecule has 1 fully saturated rings. The quantitative estimate of drug-likeness (QED) is 0.795. The van der Waals surface area contributed by atoms with Crippen LogP contribution in [0.4, 0.5) is 0 Å². The molecule has 0 saturated heterocycles. The van der Waals surface area contributed by atoms with Crippen molar-refractivity contribution in [2.45, 2.75) is 51.6 Å². The number of halogens is 2. The topological polar surface area (TPSA) is 12.0 Å². The first-order chi connectivity index (χ1) is 8.08. The maximum Gasteiger partial charge on any atom is 0.0991 e. The van der Waals surface area contributed by atoms with Crippen LogP contribution in [0.15, 0.2) is 6.07 Å². The lowest BCUT2D eigenvalue weighted by Gasteiger charge is -2.24. The van der Waals surface area contributed by atoms with Crippen molar-refractivity contribution in [3.8, 4) is 0 Å². The highest BCUT2D eigenvalue weighted by Crippen LogP contribution is 2.36. The van der Waals surface area contributed by atoms with Crippen LogP contribution in [0, 0.1) is 5.92 Å². The summed E-state index contributed by atoms with van der Waals surface area (Å²) in [4.78, 5) is 0. The first kappa shape index (κ1) is 13.7.